The molecule has 3 aliphatic rings. The molecule has 0 unspecified atom stereocenters. The van der Waals surface area contributed by atoms with Crippen molar-refractivity contribution in [2.45, 2.75) is 63.5 Å². The lowest BCUT2D eigenvalue weighted by atomic mass is 9.85. The van der Waals surface area contributed by atoms with Crippen molar-refractivity contribution >= 4 is 11.9 Å². The van der Waals surface area contributed by atoms with E-state index in [4.69, 9.17) is 4.74 Å². The topological polar surface area (TPSA) is 58.6 Å². The van der Waals surface area contributed by atoms with Crippen LogP contribution in [0.25, 0.3) is 0 Å². The number of likely N-dealkylation sites (tertiary alicyclic amines) is 1. The van der Waals surface area contributed by atoms with Crippen molar-refractivity contribution in [3.05, 3.63) is 17.6 Å². The maximum Gasteiger partial charge on any atom is 0.416 e. The molecule has 6 heteroatoms. The fraction of sp³-hybridized carbons (Fsp3) is 0.722. The van der Waals surface area contributed by atoms with Gasteiger partial charge in [0.05, 0.1) is 18.3 Å². The molecule has 4 rings (SSSR count). The number of amides is 1. The third-order valence-corrected chi connectivity index (χ3v) is 5.72. The predicted molar refractivity (Wildman–Crippen MR) is 91.0 cm³/mol. The van der Waals surface area contributed by atoms with Gasteiger partial charge in [-0.1, -0.05) is 6.42 Å². The second kappa shape index (κ2) is 5.99. The molecule has 1 atom stereocenters. The average molecular weight is 330 g/mol. The lowest BCUT2D eigenvalue weighted by Gasteiger charge is -2.30. The van der Waals surface area contributed by atoms with E-state index in [0.29, 0.717) is 18.4 Å². The van der Waals surface area contributed by atoms with E-state index in [0.717, 1.165) is 50.2 Å². The summed E-state index contributed by atoms with van der Waals surface area (Å²) in [6.07, 6.45) is 7.51. The molecule has 1 spiro atoms. The maximum atomic E-state index is 12.5. The van der Waals surface area contributed by atoms with Crippen LogP contribution in [-0.2, 0) is 4.74 Å². The van der Waals surface area contributed by atoms with E-state index in [9.17, 15) is 4.79 Å². The molecule has 0 N–H and O–H groups in total. The molecule has 0 aromatic carbocycles. The van der Waals surface area contributed by atoms with Crippen molar-refractivity contribution in [1.29, 1.82) is 0 Å². The van der Waals surface area contributed by atoms with Gasteiger partial charge in [-0.05, 0) is 59.0 Å². The number of carbonyl (C=O) groups excluding carboxylic acids is 1. The first-order valence-electron chi connectivity index (χ1n) is 9.13. The van der Waals surface area contributed by atoms with Gasteiger partial charge < -0.3 is 4.74 Å². The van der Waals surface area contributed by atoms with E-state index >= 15 is 0 Å². The summed E-state index contributed by atoms with van der Waals surface area (Å²) < 4.78 is 5.80. The number of hydrogen-bond donors (Lipinski definition) is 0. The van der Waals surface area contributed by atoms with Crippen molar-refractivity contribution in [2.75, 3.05) is 25.0 Å². The molecule has 1 aliphatic carbocycles. The summed E-state index contributed by atoms with van der Waals surface area (Å²) in [6, 6.07) is 2.32. The van der Waals surface area contributed by atoms with Crippen molar-refractivity contribution in [3.8, 4) is 0 Å². The van der Waals surface area contributed by atoms with Crippen molar-refractivity contribution in [3.63, 3.8) is 0 Å². The average Bonchev–Trinajstić information content (AvgIpc) is 3.11. The van der Waals surface area contributed by atoms with Gasteiger partial charge in [0.1, 0.15) is 17.2 Å². The molecule has 24 heavy (non-hydrogen) atoms. The van der Waals surface area contributed by atoms with E-state index < -0.39 is 0 Å². The van der Waals surface area contributed by atoms with Crippen molar-refractivity contribution in [1.82, 2.24) is 14.9 Å². The van der Waals surface area contributed by atoms with Gasteiger partial charge >= 0.3 is 6.09 Å². The number of rotatable bonds is 2. The van der Waals surface area contributed by atoms with Crippen LogP contribution in [-0.4, -0.2) is 46.7 Å². The summed E-state index contributed by atoms with van der Waals surface area (Å²) in [5.41, 5.74) is 0.730. The fourth-order valence-corrected chi connectivity index (χ4v) is 4.42. The summed E-state index contributed by atoms with van der Waals surface area (Å²) in [4.78, 5) is 25.7. The summed E-state index contributed by atoms with van der Waals surface area (Å²) in [6.45, 7) is 3.62. The Labute approximate surface area is 143 Å². The maximum absolute atomic E-state index is 12.5. The molecular weight excluding hydrogens is 304 g/mol. The Morgan fingerprint density at radius 1 is 1.21 bits per heavy atom. The standard InChI is InChI=1S/C18H26N4O2/c1-13-19-14(15-7-6-10-21(15)2)11-16(20-13)22-12-18(24-17(22)23)8-4-3-5-9-18/h11,15H,3-10,12H2,1-2H3/t15-/m0/s1. The minimum Gasteiger partial charge on any atom is -0.441 e. The lowest BCUT2D eigenvalue weighted by molar-refractivity contribution is 0.0260. The molecule has 0 bridgehead atoms. The first-order valence-corrected chi connectivity index (χ1v) is 9.13. The van der Waals surface area contributed by atoms with Crippen LogP contribution in [0.5, 0.6) is 0 Å². The third kappa shape index (κ3) is 2.77. The molecular formula is C18H26N4O2. The van der Waals surface area contributed by atoms with Gasteiger partial charge in [0.25, 0.3) is 0 Å². The molecule has 1 aromatic heterocycles. The molecule has 3 heterocycles. The van der Waals surface area contributed by atoms with Crippen LogP contribution in [0, 0.1) is 6.92 Å². The summed E-state index contributed by atoms with van der Waals surface area (Å²) in [5, 5.41) is 0. The van der Waals surface area contributed by atoms with E-state index in [1.165, 1.54) is 12.8 Å². The molecule has 6 nitrogen and oxygen atoms in total. The zero-order chi connectivity index (χ0) is 16.7. The van der Waals surface area contributed by atoms with Gasteiger partial charge in [-0.2, -0.15) is 0 Å². The highest BCUT2D eigenvalue weighted by Gasteiger charge is 2.46. The Balaban J connectivity index is 1.62. The van der Waals surface area contributed by atoms with E-state index in [-0.39, 0.29) is 11.7 Å². The number of carbonyl (C=O) groups is 1. The van der Waals surface area contributed by atoms with Crippen molar-refractivity contribution < 1.29 is 9.53 Å². The highest BCUT2D eigenvalue weighted by molar-refractivity contribution is 5.89. The normalized spacial score (nSPS) is 27.0. The van der Waals surface area contributed by atoms with Gasteiger partial charge in [0, 0.05) is 6.07 Å². The highest BCUT2D eigenvalue weighted by atomic mass is 16.6. The van der Waals surface area contributed by atoms with Crippen LogP contribution in [0.2, 0.25) is 0 Å². The second-order valence-corrected chi connectivity index (χ2v) is 7.53. The Bertz CT molecular complexity index is 642. The molecule has 3 fully saturated rings. The van der Waals surface area contributed by atoms with Gasteiger partial charge in [-0.25, -0.2) is 14.8 Å². The minimum absolute atomic E-state index is 0.249. The molecule has 130 valence electrons. The second-order valence-electron chi connectivity index (χ2n) is 7.53. The Morgan fingerprint density at radius 3 is 2.71 bits per heavy atom. The van der Waals surface area contributed by atoms with Gasteiger partial charge in [0.15, 0.2) is 0 Å². The monoisotopic (exact) mass is 330 g/mol. The van der Waals surface area contributed by atoms with Crippen LogP contribution < -0.4 is 4.90 Å². The van der Waals surface area contributed by atoms with Crippen LogP contribution >= 0.6 is 0 Å². The van der Waals surface area contributed by atoms with Crippen LogP contribution in [0.4, 0.5) is 10.6 Å². The van der Waals surface area contributed by atoms with Crippen LogP contribution in [0.3, 0.4) is 0 Å². The molecule has 1 aromatic rings. The Kier molecular flexibility index (Phi) is 3.95. The first kappa shape index (κ1) is 15.8. The number of aryl methyl sites for hydroxylation is 1. The number of anilines is 1. The largest absolute Gasteiger partial charge is 0.441 e. The van der Waals surface area contributed by atoms with Crippen LogP contribution in [0.1, 0.15) is 62.5 Å². The Morgan fingerprint density at radius 2 is 2.00 bits per heavy atom. The molecule has 2 saturated heterocycles. The van der Waals surface area contributed by atoms with E-state index in [1.54, 1.807) is 4.90 Å². The lowest BCUT2D eigenvalue weighted by Crippen LogP contribution is -2.36. The zero-order valence-corrected chi connectivity index (χ0v) is 14.6. The van der Waals surface area contributed by atoms with Crippen LogP contribution in [0.15, 0.2) is 6.07 Å². The molecule has 2 aliphatic heterocycles. The van der Waals surface area contributed by atoms with E-state index in [1.807, 2.05) is 13.0 Å². The SMILES string of the molecule is Cc1nc([C@@H]2CCCN2C)cc(N2CC3(CCCCC3)OC2=O)n1. The summed E-state index contributed by atoms with van der Waals surface area (Å²) in [5.74, 6) is 1.42. The highest BCUT2D eigenvalue weighted by Crippen LogP contribution is 2.39. The van der Waals surface area contributed by atoms with Gasteiger partial charge in [-0.15, -0.1) is 0 Å². The number of aromatic nitrogens is 2. The molecule has 1 saturated carbocycles. The first-order chi connectivity index (χ1) is 11.6. The smallest absolute Gasteiger partial charge is 0.416 e. The summed E-state index contributed by atoms with van der Waals surface area (Å²) in [7, 11) is 2.13. The number of hydrogen-bond acceptors (Lipinski definition) is 5. The fourth-order valence-electron chi connectivity index (χ4n) is 4.42. The number of nitrogens with zero attached hydrogens (tertiary/aromatic N) is 4. The molecule has 0 radical (unpaired) electrons. The van der Waals surface area contributed by atoms with Gasteiger partial charge in [-0.3, -0.25) is 9.80 Å². The van der Waals surface area contributed by atoms with E-state index in [2.05, 4.69) is 21.9 Å². The predicted octanol–water partition coefficient (Wildman–Crippen LogP) is 3.21. The summed E-state index contributed by atoms with van der Waals surface area (Å²) >= 11 is 0. The molecule has 1 amide bonds. The Hall–Kier alpha value is -1.69. The van der Waals surface area contributed by atoms with Gasteiger partial charge in [0.2, 0.25) is 0 Å². The quantitative estimate of drug-likeness (QED) is 0.833. The zero-order valence-electron chi connectivity index (χ0n) is 14.6. The third-order valence-electron chi connectivity index (χ3n) is 5.72. The van der Waals surface area contributed by atoms with Crippen molar-refractivity contribution in [2.24, 2.45) is 0 Å². The minimum atomic E-state index is -0.293. The number of ether oxygens (including phenoxy) is 1.